The lowest BCUT2D eigenvalue weighted by Gasteiger charge is -2.24. The molecule has 1 atom stereocenters. The van der Waals surface area contributed by atoms with Crippen LogP contribution in [-0.4, -0.2) is 34.6 Å². The van der Waals surface area contributed by atoms with Crippen LogP contribution < -0.4 is 0 Å². The molecule has 2 aromatic rings. The second-order valence-electron chi connectivity index (χ2n) is 4.73. The van der Waals surface area contributed by atoms with E-state index >= 15 is 0 Å². The molecular weight excluding hydrogens is 299 g/mol. The molecule has 0 N–H and O–H groups in total. The summed E-state index contributed by atoms with van der Waals surface area (Å²) in [4.78, 5) is 16.7. The van der Waals surface area contributed by atoms with Crippen molar-refractivity contribution in [1.82, 2.24) is 14.5 Å². The van der Waals surface area contributed by atoms with Crippen LogP contribution in [0.3, 0.4) is 0 Å². The molecule has 1 unspecified atom stereocenters. The van der Waals surface area contributed by atoms with Gasteiger partial charge in [0.25, 0.3) is 0 Å². The molecule has 0 aliphatic rings. The van der Waals surface area contributed by atoms with Gasteiger partial charge in [-0.1, -0.05) is 18.2 Å². The van der Waals surface area contributed by atoms with Gasteiger partial charge in [0.1, 0.15) is 0 Å². The molecule has 1 aromatic heterocycles. The third-order valence-corrected chi connectivity index (χ3v) is 2.91. The molecular formula is C14H14F3N3O2. The zero-order valence-electron chi connectivity index (χ0n) is 11.9. The van der Waals surface area contributed by atoms with Gasteiger partial charge in [0.2, 0.25) is 6.23 Å². The average molecular weight is 313 g/mol. The number of rotatable bonds is 3. The first-order valence-electron chi connectivity index (χ1n) is 6.32. The minimum Gasteiger partial charge on any atom is -0.420 e. The third kappa shape index (κ3) is 3.38. The Morgan fingerprint density at radius 1 is 1.32 bits per heavy atom. The molecule has 0 saturated heterocycles. The lowest BCUT2D eigenvalue weighted by Crippen LogP contribution is -2.28. The molecule has 118 valence electrons. The Morgan fingerprint density at radius 3 is 2.55 bits per heavy atom. The first kappa shape index (κ1) is 15.9. The lowest BCUT2D eigenvalue weighted by atomic mass is 10.1. The van der Waals surface area contributed by atoms with Crippen molar-refractivity contribution in [2.75, 3.05) is 14.1 Å². The summed E-state index contributed by atoms with van der Waals surface area (Å²) in [5, 5.41) is 0. The molecule has 0 aliphatic carbocycles. The van der Waals surface area contributed by atoms with Crippen molar-refractivity contribution in [1.29, 1.82) is 0 Å². The Bertz CT molecular complexity index is 639. The van der Waals surface area contributed by atoms with Crippen LogP contribution in [0.4, 0.5) is 18.0 Å². The number of alkyl halides is 3. The Hall–Kier alpha value is -2.51. The van der Waals surface area contributed by atoms with Crippen molar-refractivity contribution in [3.63, 3.8) is 0 Å². The van der Waals surface area contributed by atoms with Gasteiger partial charge in [-0.3, -0.25) is 4.57 Å². The number of benzene rings is 1. The molecule has 2 rings (SSSR count). The summed E-state index contributed by atoms with van der Waals surface area (Å²) in [6.07, 6.45) is -2.44. The smallest absolute Gasteiger partial charge is 0.416 e. The molecule has 0 radical (unpaired) electrons. The van der Waals surface area contributed by atoms with Crippen LogP contribution in [-0.2, 0) is 10.9 Å². The van der Waals surface area contributed by atoms with Gasteiger partial charge in [-0.05, 0) is 6.07 Å². The van der Waals surface area contributed by atoms with Gasteiger partial charge < -0.3 is 9.64 Å². The highest BCUT2D eigenvalue weighted by Gasteiger charge is 2.36. The van der Waals surface area contributed by atoms with E-state index in [0.717, 1.165) is 11.0 Å². The maximum Gasteiger partial charge on any atom is 0.416 e. The van der Waals surface area contributed by atoms with Gasteiger partial charge in [-0.15, -0.1) is 0 Å². The van der Waals surface area contributed by atoms with E-state index in [4.69, 9.17) is 4.74 Å². The predicted molar refractivity (Wildman–Crippen MR) is 72.0 cm³/mol. The summed E-state index contributed by atoms with van der Waals surface area (Å²) in [5.74, 6) is 0. The van der Waals surface area contributed by atoms with Gasteiger partial charge >= 0.3 is 12.3 Å². The molecule has 1 aromatic carbocycles. The number of carbonyl (C=O) groups is 1. The minimum atomic E-state index is -4.56. The zero-order chi connectivity index (χ0) is 16.3. The van der Waals surface area contributed by atoms with E-state index < -0.39 is 24.1 Å². The van der Waals surface area contributed by atoms with E-state index in [1.165, 1.54) is 55.6 Å². The fourth-order valence-electron chi connectivity index (χ4n) is 1.86. The fraction of sp³-hybridized carbons (Fsp3) is 0.286. The zero-order valence-corrected chi connectivity index (χ0v) is 11.9. The van der Waals surface area contributed by atoms with Crippen molar-refractivity contribution >= 4 is 6.09 Å². The van der Waals surface area contributed by atoms with Crippen LogP contribution in [0.25, 0.3) is 0 Å². The van der Waals surface area contributed by atoms with Gasteiger partial charge in [0.15, 0.2) is 0 Å². The van der Waals surface area contributed by atoms with Crippen LogP contribution in [0.2, 0.25) is 0 Å². The second kappa shape index (κ2) is 6.08. The third-order valence-electron chi connectivity index (χ3n) is 2.91. The molecule has 0 saturated carbocycles. The second-order valence-corrected chi connectivity index (χ2v) is 4.73. The van der Waals surface area contributed by atoms with Gasteiger partial charge in [0, 0.05) is 32.1 Å². The van der Waals surface area contributed by atoms with Crippen molar-refractivity contribution in [3.05, 3.63) is 54.1 Å². The van der Waals surface area contributed by atoms with E-state index in [-0.39, 0.29) is 5.56 Å². The Kier molecular flexibility index (Phi) is 4.39. The average Bonchev–Trinajstić information content (AvgIpc) is 2.97. The topological polar surface area (TPSA) is 47.4 Å². The minimum absolute atomic E-state index is 0.164. The Balaban J connectivity index is 2.49. The molecule has 0 bridgehead atoms. The molecule has 0 fully saturated rings. The summed E-state index contributed by atoms with van der Waals surface area (Å²) in [5.41, 5.74) is -1.02. The Labute approximate surface area is 124 Å². The number of hydrogen-bond donors (Lipinski definition) is 0. The number of amides is 1. The molecule has 1 heterocycles. The molecule has 8 heteroatoms. The SMILES string of the molecule is CN(C)C(=O)OC(c1ccccc1C(F)(F)F)n1ccnc1. The van der Waals surface area contributed by atoms with Crippen molar-refractivity contribution in [2.45, 2.75) is 12.4 Å². The highest BCUT2D eigenvalue weighted by molar-refractivity contribution is 5.67. The number of aromatic nitrogens is 2. The molecule has 1 amide bonds. The van der Waals surface area contributed by atoms with E-state index in [1.54, 1.807) is 0 Å². The van der Waals surface area contributed by atoms with Gasteiger partial charge in [0.05, 0.1) is 11.9 Å². The van der Waals surface area contributed by atoms with E-state index in [1.807, 2.05) is 0 Å². The number of nitrogens with zero attached hydrogens (tertiary/aromatic N) is 3. The van der Waals surface area contributed by atoms with Crippen LogP contribution >= 0.6 is 0 Å². The number of ether oxygens (including phenoxy) is 1. The Morgan fingerprint density at radius 2 is 2.00 bits per heavy atom. The number of imidazole rings is 1. The lowest BCUT2D eigenvalue weighted by molar-refractivity contribution is -0.139. The van der Waals surface area contributed by atoms with Crippen LogP contribution in [0.5, 0.6) is 0 Å². The number of carbonyl (C=O) groups excluding carboxylic acids is 1. The standard InChI is InChI=1S/C14H14F3N3O2/c1-19(2)13(21)22-12(20-8-7-18-9-20)10-5-3-4-6-11(10)14(15,16)17/h3-9,12H,1-2H3. The van der Waals surface area contributed by atoms with Crippen LogP contribution in [0.1, 0.15) is 17.4 Å². The summed E-state index contributed by atoms with van der Waals surface area (Å²) in [6, 6.07) is 4.96. The van der Waals surface area contributed by atoms with E-state index in [2.05, 4.69) is 4.98 Å². The quantitative estimate of drug-likeness (QED) is 0.874. The predicted octanol–water partition coefficient (Wildman–Crippen LogP) is 3.15. The molecule has 5 nitrogen and oxygen atoms in total. The normalized spacial score (nSPS) is 12.8. The number of halogens is 3. The highest BCUT2D eigenvalue weighted by atomic mass is 19.4. The largest absolute Gasteiger partial charge is 0.420 e. The van der Waals surface area contributed by atoms with Crippen molar-refractivity contribution in [3.8, 4) is 0 Å². The highest BCUT2D eigenvalue weighted by Crippen LogP contribution is 2.36. The summed E-state index contributed by atoms with van der Waals surface area (Å²) in [6.45, 7) is 0. The maximum atomic E-state index is 13.2. The van der Waals surface area contributed by atoms with Crippen molar-refractivity contribution < 1.29 is 22.7 Å². The summed E-state index contributed by atoms with van der Waals surface area (Å²) in [7, 11) is 2.89. The van der Waals surface area contributed by atoms with Crippen LogP contribution in [0, 0.1) is 0 Å². The molecule has 22 heavy (non-hydrogen) atoms. The fourth-order valence-corrected chi connectivity index (χ4v) is 1.86. The molecule has 0 aliphatic heterocycles. The molecule has 0 spiro atoms. The van der Waals surface area contributed by atoms with Gasteiger partial charge in [-0.25, -0.2) is 9.78 Å². The first-order chi connectivity index (χ1) is 10.3. The summed E-state index contributed by atoms with van der Waals surface area (Å²) >= 11 is 0. The van der Waals surface area contributed by atoms with E-state index in [0.29, 0.717) is 0 Å². The maximum absolute atomic E-state index is 13.2. The van der Waals surface area contributed by atoms with E-state index in [9.17, 15) is 18.0 Å². The van der Waals surface area contributed by atoms with Gasteiger partial charge in [-0.2, -0.15) is 13.2 Å². The van der Waals surface area contributed by atoms with Crippen molar-refractivity contribution in [2.24, 2.45) is 0 Å². The van der Waals surface area contributed by atoms with Crippen LogP contribution in [0.15, 0.2) is 43.0 Å². The first-order valence-corrected chi connectivity index (χ1v) is 6.32. The monoisotopic (exact) mass is 313 g/mol. The number of hydrogen-bond acceptors (Lipinski definition) is 3. The summed E-state index contributed by atoms with van der Waals surface area (Å²) < 4.78 is 46.0.